The van der Waals surface area contributed by atoms with Gasteiger partial charge in [0.2, 0.25) is 0 Å². The molecule has 0 atom stereocenters. The molecule has 4 nitrogen and oxygen atoms in total. The predicted molar refractivity (Wildman–Crippen MR) is 77.1 cm³/mol. The summed E-state index contributed by atoms with van der Waals surface area (Å²) in [7, 11) is 0. The van der Waals surface area contributed by atoms with Gasteiger partial charge in [0.05, 0.1) is 0 Å². The van der Waals surface area contributed by atoms with Crippen LogP contribution in [0.1, 0.15) is 38.3 Å². The Balaban J connectivity index is 2.65. The fourth-order valence-corrected chi connectivity index (χ4v) is 1.72. The normalized spacial score (nSPS) is 11.2. The second-order valence-electron chi connectivity index (χ2n) is 5.34. The maximum atomic E-state index is 11.8. The number of amides is 1. The van der Waals surface area contributed by atoms with Crippen LogP contribution < -0.4 is 15.8 Å². The van der Waals surface area contributed by atoms with Crippen LogP contribution in [0.3, 0.4) is 0 Å². The Morgan fingerprint density at radius 3 is 2.68 bits per heavy atom. The van der Waals surface area contributed by atoms with Gasteiger partial charge < -0.3 is 15.8 Å². The van der Waals surface area contributed by atoms with Crippen molar-refractivity contribution < 1.29 is 9.53 Å². The van der Waals surface area contributed by atoms with Crippen LogP contribution in [0.2, 0.25) is 0 Å². The van der Waals surface area contributed by atoms with E-state index < -0.39 is 0 Å². The maximum absolute atomic E-state index is 11.8. The summed E-state index contributed by atoms with van der Waals surface area (Å²) in [5, 5.41) is 2.94. The summed E-state index contributed by atoms with van der Waals surface area (Å²) < 4.78 is 5.62. The van der Waals surface area contributed by atoms with E-state index in [1.807, 2.05) is 45.9 Å². The zero-order valence-corrected chi connectivity index (χ0v) is 12.2. The number of aryl methyl sites for hydroxylation is 1. The van der Waals surface area contributed by atoms with Crippen molar-refractivity contribution in [2.45, 2.75) is 46.2 Å². The Labute approximate surface area is 115 Å². The fraction of sp³-hybridized carbons (Fsp3) is 0.533. The van der Waals surface area contributed by atoms with Crippen LogP contribution >= 0.6 is 0 Å². The molecule has 1 rings (SSSR count). The molecule has 0 radical (unpaired) electrons. The minimum Gasteiger partial charge on any atom is -0.483 e. The van der Waals surface area contributed by atoms with Crippen LogP contribution in [0.25, 0.3) is 0 Å². The SMILES string of the molecule is CCC(C)(C)NC(=O)COc1c(C)cccc1CN. The van der Waals surface area contributed by atoms with Crippen molar-refractivity contribution in [2.24, 2.45) is 5.73 Å². The lowest BCUT2D eigenvalue weighted by Gasteiger charge is -2.24. The van der Waals surface area contributed by atoms with E-state index in [0.29, 0.717) is 6.54 Å². The number of nitrogens with one attached hydrogen (secondary N) is 1. The molecule has 0 saturated carbocycles. The zero-order chi connectivity index (χ0) is 14.5. The lowest BCUT2D eigenvalue weighted by atomic mass is 10.0. The van der Waals surface area contributed by atoms with Crippen molar-refractivity contribution in [1.29, 1.82) is 0 Å². The minimum atomic E-state index is -0.205. The molecule has 0 aliphatic rings. The molecule has 0 aliphatic carbocycles. The number of carbonyl (C=O) groups excluding carboxylic acids is 1. The van der Waals surface area contributed by atoms with Crippen LogP contribution in [0.4, 0.5) is 0 Å². The molecule has 4 heteroatoms. The van der Waals surface area contributed by atoms with Crippen LogP contribution in [0.15, 0.2) is 18.2 Å². The number of ether oxygens (including phenoxy) is 1. The van der Waals surface area contributed by atoms with Gasteiger partial charge in [0.15, 0.2) is 6.61 Å². The smallest absolute Gasteiger partial charge is 0.258 e. The molecular formula is C15H24N2O2. The number of nitrogens with two attached hydrogens (primary N) is 1. The molecule has 0 fully saturated rings. The minimum absolute atomic E-state index is 0.0152. The van der Waals surface area contributed by atoms with Gasteiger partial charge in [0, 0.05) is 17.6 Å². The second kappa shape index (κ2) is 6.57. The highest BCUT2D eigenvalue weighted by atomic mass is 16.5. The van der Waals surface area contributed by atoms with Gasteiger partial charge >= 0.3 is 0 Å². The number of hydrogen-bond acceptors (Lipinski definition) is 3. The first kappa shape index (κ1) is 15.5. The summed E-state index contributed by atoms with van der Waals surface area (Å²) in [5.74, 6) is 0.604. The van der Waals surface area contributed by atoms with Gasteiger partial charge in [-0.05, 0) is 32.8 Å². The fourth-order valence-electron chi connectivity index (χ4n) is 1.72. The first-order valence-corrected chi connectivity index (χ1v) is 6.62. The van der Waals surface area contributed by atoms with E-state index in [1.165, 1.54) is 0 Å². The van der Waals surface area contributed by atoms with Gasteiger partial charge in [-0.1, -0.05) is 25.1 Å². The molecule has 106 valence electrons. The van der Waals surface area contributed by atoms with Gasteiger partial charge in [-0.2, -0.15) is 0 Å². The van der Waals surface area contributed by atoms with E-state index in [1.54, 1.807) is 0 Å². The molecule has 0 aromatic heterocycles. The molecule has 0 bridgehead atoms. The molecule has 1 aromatic carbocycles. The van der Waals surface area contributed by atoms with E-state index in [0.717, 1.165) is 23.3 Å². The van der Waals surface area contributed by atoms with Gasteiger partial charge in [-0.15, -0.1) is 0 Å². The third-order valence-corrected chi connectivity index (χ3v) is 3.22. The number of hydrogen-bond donors (Lipinski definition) is 2. The second-order valence-corrected chi connectivity index (χ2v) is 5.34. The van der Waals surface area contributed by atoms with Crippen molar-refractivity contribution in [2.75, 3.05) is 6.61 Å². The van der Waals surface area contributed by atoms with Crippen molar-refractivity contribution in [1.82, 2.24) is 5.32 Å². The first-order valence-electron chi connectivity index (χ1n) is 6.62. The lowest BCUT2D eigenvalue weighted by molar-refractivity contribution is -0.124. The number of benzene rings is 1. The molecule has 0 spiro atoms. The lowest BCUT2D eigenvalue weighted by Crippen LogP contribution is -2.45. The Hall–Kier alpha value is -1.55. The van der Waals surface area contributed by atoms with Crippen molar-refractivity contribution in [3.05, 3.63) is 29.3 Å². The third kappa shape index (κ3) is 4.56. The summed E-state index contributed by atoms with van der Waals surface area (Å²) in [6, 6.07) is 5.79. The summed E-state index contributed by atoms with van der Waals surface area (Å²) in [6.07, 6.45) is 0.872. The molecular weight excluding hydrogens is 240 g/mol. The molecule has 1 aromatic rings. The standard InChI is InChI=1S/C15H24N2O2/c1-5-15(3,4)17-13(18)10-19-14-11(2)7-6-8-12(14)9-16/h6-8H,5,9-10,16H2,1-4H3,(H,17,18). The van der Waals surface area contributed by atoms with E-state index in [-0.39, 0.29) is 18.1 Å². The largest absolute Gasteiger partial charge is 0.483 e. The third-order valence-electron chi connectivity index (χ3n) is 3.22. The van der Waals surface area contributed by atoms with Gasteiger partial charge in [-0.25, -0.2) is 0 Å². The Morgan fingerprint density at radius 2 is 2.11 bits per heavy atom. The predicted octanol–water partition coefficient (Wildman–Crippen LogP) is 2.14. The molecule has 1 amide bonds. The van der Waals surface area contributed by atoms with E-state index >= 15 is 0 Å². The summed E-state index contributed by atoms with van der Waals surface area (Å²) in [4.78, 5) is 11.8. The van der Waals surface area contributed by atoms with Crippen LogP contribution in [0, 0.1) is 6.92 Å². The van der Waals surface area contributed by atoms with Gasteiger partial charge in [0.25, 0.3) is 5.91 Å². The topological polar surface area (TPSA) is 64.3 Å². The zero-order valence-electron chi connectivity index (χ0n) is 12.2. The molecule has 3 N–H and O–H groups in total. The summed E-state index contributed by atoms with van der Waals surface area (Å²) in [6.45, 7) is 8.38. The van der Waals surface area contributed by atoms with Gasteiger partial charge in [-0.3, -0.25) is 4.79 Å². The highest BCUT2D eigenvalue weighted by Crippen LogP contribution is 2.22. The number of para-hydroxylation sites is 1. The van der Waals surface area contributed by atoms with Crippen molar-refractivity contribution in [3.8, 4) is 5.75 Å². The monoisotopic (exact) mass is 264 g/mol. The first-order chi connectivity index (χ1) is 8.89. The summed E-state index contributed by atoms with van der Waals surface area (Å²) in [5.41, 5.74) is 7.37. The van der Waals surface area contributed by atoms with Crippen molar-refractivity contribution in [3.63, 3.8) is 0 Å². The van der Waals surface area contributed by atoms with Crippen molar-refractivity contribution >= 4 is 5.91 Å². The number of rotatable bonds is 6. The quantitative estimate of drug-likeness (QED) is 0.827. The highest BCUT2D eigenvalue weighted by Gasteiger charge is 2.18. The Kier molecular flexibility index (Phi) is 5.36. The van der Waals surface area contributed by atoms with E-state index in [4.69, 9.17) is 10.5 Å². The van der Waals surface area contributed by atoms with E-state index in [2.05, 4.69) is 5.32 Å². The number of carbonyl (C=O) groups is 1. The highest BCUT2D eigenvalue weighted by molar-refractivity contribution is 5.78. The molecule has 0 aliphatic heterocycles. The maximum Gasteiger partial charge on any atom is 0.258 e. The summed E-state index contributed by atoms with van der Waals surface area (Å²) >= 11 is 0. The van der Waals surface area contributed by atoms with Gasteiger partial charge in [0.1, 0.15) is 5.75 Å². The van der Waals surface area contributed by atoms with Crippen LogP contribution in [0.5, 0.6) is 5.75 Å². The average molecular weight is 264 g/mol. The Morgan fingerprint density at radius 1 is 1.42 bits per heavy atom. The van der Waals surface area contributed by atoms with E-state index in [9.17, 15) is 4.79 Å². The van der Waals surface area contributed by atoms with Crippen LogP contribution in [-0.2, 0) is 11.3 Å². The average Bonchev–Trinajstić information content (AvgIpc) is 2.36. The molecule has 0 heterocycles. The van der Waals surface area contributed by atoms with Crippen LogP contribution in [-0.4, -0.2) is 18.1 Å². The Bertz CT molecular complexity index is 442. The molecule has 19 heavy (non-hydrogen) atoms. The molecule has 0 unspecified atom stereocenters. The molecule has 0 saturated heterocycles.